The van der Waals surface area contributed by atoms with Gasteiger partial charge in [-0.2, -0.15) is 0 Å². The minimum Gasteiger partial charge on any atom is -0.348 e. The topological polar surface area (TPSA) is 57.8 Å². The summed E-state index contributed by atoms with van der Waals surface area (Å²) < 4.78 is 0. The minimum absolute atomic E-state index is 0.0274. The summed E-state index contributed by atoms with van der Waals surface area (Å²) in [7, 11) is 0. The SMILES string of the molecule is O=C(CSc1ccc(Cl)cc1)NCc1nc2ccccc2[nH]1. The predicted molar refractivity (Wildman–Crippen MR) is 90.1 cm³/mol. The lowest BCUT2D eigenvalue weighted by Crippen LogP contribution is -2.25. The molecule has 1 heterocycles. The van der Waals surface area contributed by atoms with Gasteiger partial charge < -0.3 is 10.3 Å². The molecule has 3 rings (SSSR count). The van der Waals surface area contributed by atoms with Crippen molar-refractivity contribution < 1.29 is 4.79 Å². The Balaban J connectivity index is 1.50. The van der Waals surface area contributed by atoms with E-state index in [9.17, 15) is 4.79 Å². The van der Waals surface area contributed by atoms with Crippen molar-refractivity contribution in [3.05, 3.63) is 59.4 Å². The second kappa shape index (κ2) is 6.85. The average Bonchev–Trinajstić information content (AvgIpc) is 2.95. The van der Waals surface area contributed by atoms with Gasteiger partial charge in [0.15, 0.2) is 0 Å². The molecule has 0 aliphatic rings. The van der Waals surface area contributed by atoms with Crippen LogP contribution in [0, 0.1) is 0 Å². The van der Waals surface area contributed by atoms with Crippen LogP contribution in [0.4, 0.5) is 0 Å². The molecule has 0 spiro atoms. The smallest absolute Gasteiger partial charge is 0.230 e. The number of halogens is 1. The van der Waals surface area contributed by atoms with Gasteiger partial charge in [0.2, 0.25) is 5.91 Å². The number of aromatic nitrogens is 2. The van der Waals surface area contributed by atoms with Crippen LogP contribution in [0.1, 0.15) is 5.82 Å². The van der Waals surface area contributed by atoms with Crippen LogP contribution in [-0.2, 0) is 11.3 Å². The second-order valence-electron chi connectivity index (χ2n) is 4.72. The molecule has 0 aliphatic heterocycles. The molecule has 3 aromatic rings. The van der Waals surface area contributed by atoms with E-state index in [4.69, 9.17) is 11.6 Å². The first kappa shape index (κ1) is 14.9. The van der Waals surface area contributed by atoms with Gasteiger partial charge in [-0.05, 0) is 36.4 Å². The average molecular weight is 332 g/mol. The van der Waals surface area contributed by atoms with Crippen LogP contribution in [0.2, 0.25) is 5.02 Å². The molecule has 112 valence electrons. The normalized spacial score (nSPS) is 10.8. The molecule has 1 amide bonds. The van der Waals surface area contributed by atoms with Crippen molar-refractivity contribution in [1.82, 2.24) is 15.3 Å². The number of hydrogen-bond acceptors (Lipinski definition) is 3. The molecule has 0 bridgehead atoms. The molecule has 0 saturated carbocycles. The number of carbonyl (C=O) groups excluding carboxylic acids is 1. The Kier molecular flexibility index (Phi) is 4.65. The lowest BCUT2D eigenvalue weighted by Gasteiger charge is -2.03. The van der Waals surface area contributed by atoms with Gasteiger partial charge in [0, 0.05) is 9.92 Å². The molecule has 0 saturated heterocycles. The highest BCUT2D eigenvalue weighted by molar-refractivity contribution is 8.00. The highest BCUT2D eigenvalue weighted by Crippen LogP contribution is 2.20. The maximum atomic E-state index is 11.9. The highest BCUT2D eigenvalue weighted by Gasteiger charge is 2.06. The first-order valence-electron chi connectivity index (χ1n) is 6.79. The molecule has 0 fully saturated rings. The fraction of sp³-hybridized carbons (Fsp3) is 0.125. The maximum Gasteiger partial charge on any atom is 0.230 e. The van der Waals surface area contributed by atoms with Crippen LogP contribution in [0.15, 0.2) is 53.4 Å². The van der Waals surface area contributed by atoms with Crippen molar-refractivity contribution >= 4 is 40.3 Å². The first-order valence-corrected chi connectivity index (χ1v) is 8.16. The second-order valence-corrected chi connectivity index (χ2v) is 6.21. The van der Waals surface area contributed by atoms with Gasteiger partial charge in [-0.25, -0.2) is 4.98 Å². The summed E-state index contributed by atoms with van der Waals surface area (Å²) in [5.41, 5.74) is 1.88. The van der Waals surface area contributed by atoms with Crippen molar-refractivity contribution in [2.45, 2.75) is 11.4 Å². The van der Waals surface area contributed by atoms with Gasteiger partial charge in [0.25, 0.3) is 0 Å². The molecule has 0 aliphatic carbocycles. The number of thioether (sulfide) groups is 1. The van der Waals surface area contributed by atoms with E-state index >= 15 is 0 Å². The molecular weight excluding hydrogens is 318 g/mol. The number of nitrogens with zero attached hydrogens (tertiary/aromatic N) is 1. The number of aromatic amines is 1. The largest absolute Gasteiger partial charge is 0.348 e. The lowest BCUT2D eigenvalue weighted by atomic mass is 10.3. The van der Waals surface area contributed by atoms with Crippen molar-refractivity contribution in [2.24, 2.45) is 0 Å². The van der Waals surface area contributed by atoms with E-state index in [0.717, 1.165) is 21.8 Å². The van der Waals surface area contributed by atoms with Crippen molar-refractivity contribution in [1.29, 1.82) is 0 Å². The van der Waals surface area contributed by atoms with Crippen molar-refractivity contribution in [3.63, 3.8) is 0 Å². The van der Waals surface area contributed by atoms with Crippen molar-refractivity contribution in [3.8, 4) is 0 Å². The van der Waals surface area contributed by atoms with Gasteiger partial charge in [0.1, 0.15) is 5.82 Å². The van der Waals surface area contributed by atoms with E-state index in [1.165, 1.54) is 11.8 Å². The summed E-state index contributed by atoms with van der Waals surface area (Å²) in [5, 5.41) is 3.56. The van der Waals surface area contributed by atoms with E-state index in [1.54, 1.807) is 0 Å². The number of nitrogens with one attached hydrogen (secondary N) is 2. The van der Waals surface area contributed by atoms with E-state index in [-0.39, 0.29) is 5.91 Å². The lowest BCUT2D eigenvalue weighted by molar-refractivity contribution is -0.118. The Morgan fingerprint density at radius 1 is 1.18 bits per heavy atom. The number of fused-ring (bicyclic) bond motifs is 1. The van der Waals surface area contributed by atoms with Crippen LogP contribution in [-0.4, -0.2) is 21.6 Å². The molecule has 4 nitrogen and oxygen atoms in total. The highest BCUT2D eigenvalue weighted by atomic mass is 35.5. The van der Waals surface area contributed by atoms with Gasteiger partial charge in [0.05, 0.1) is 23.3 Å². The van der Waals surface area contributed by atoms with Crippen LogP contribution >= 0.6 is 23.4 Å². The quantitative estimate of drug-likeness (QED) is 0.702. The number of carbonyl (C=O) groups is 1. The summed E-state index contributed by atoms with van der Waals surface area (Å²) >= 11 is 7.30. The number of rotatable bonds is 5. The summed E-state index contributed by atoms with van der Waals surface area (Å²) in [4.78, 5) is 20.5. The zero-order chi connectivity index (χ0) is 15.4. The molecule has 0 radical (unpaired) electrons. The zero-order valence-electron chi connectivity index (χ0n) is 11.7. The van der Waals surface area contributed by atoms with Crippen LogP contribution in [0.3, 0.4) is 0 Å². The number of para-hydroxylation sites is 2. The van der Waals surface area contributed by atoms with Gasteiger partial charge in [-0.1, -0.05) is 23.7 Å². The molecule has 1 aromatic heterocycles. The molecule has 22 heavy (non-hydrogen) atoms. The number of amides is 1. The van der Waals surface area contributed by atoms with Crippen LogP contribution in [0.25, 0.3) is 11.0 Å². The minimum atomic E-state index is -0.0274. The summed E-state index contributed by atoms with van der Waals surface area (Å²) in [6.07, 6.45) is 0. The third-order valence-corrected chi connectivity index (χ3v) is 4.34. The summed E-state index contributed by atoms with van der Waals surface area (Å²) in [6.45, 7) is 0.398. The predicted octanol–water partition coefficient (Wildman–Crippen LogP) is 3.62. The first-order chi connectivity index (χ1) is 10.7. The van der Waals surface area contributed by atoms with Crippen LogP contribution in [0.5, 0.6) is 0 Å². The Bertz CT molecular complexity index is 752. The fourth-order valence-electron chi connectivity index (χ4n) is 2.00. The molecular formula is C16H14ClN3OS. The van der Waals surface area contributed by atoms with Gasteiger partial charge in [-0.15, -0.1) is 11.8 Å². The van der Waals surface area contributed by atoms with Crippen LogP contribution < -0.4 is 5.32 Å². The summed E-state index contributed by atoms with van der Waals surface area (Å²) in [5.74, 6) is 1.09. The van der Waals surface area contributed by atoms with Crippen molar-refractivity contribution in [2.75, 3.05) is 5.75 Å². The Morgan fingerprint density at radius 2 is 1.95 bits per heavy atom. The molecule has 2 aromatic carbocycles. The number of benzene rings is 2. The molecule has 0 unspecified atom stereocenters. The standard InChI is InChI=1S/C16H14ClN3OS/c17-11-5-7-12(8-6-11)22-10-16(21)18-9-15-19-13-3-1-2-4-14(13)20-15/h1-8H,9-10H2,(H,18,21)(H,19,20). The fourth-order valence-corrected chi connectivity index (χ4v) is 2.86. The number of H-pyrrole nitrogens is 1. The third-order valence-electron chi connectivity index (χ3n) is 3.07. The maximum absolute atomic E-state index is 11.9. The third kappa shape index (κ3) is 3.81. The van der Waals surface area contributed by atoms with Gasteiger partial charge >= 0.3 is 0 Å². The molecule has 2 N–H and O–H groups in total. The monoisotopic (exact) mass is 331 g/mol. The number of imidazole rings is 1. The number of hydrogen-bond donors (Lipinski definition) is 2. The molecule has 0 atom stereocenters. The van der Waals surface area contributed by atoms with E-state index in [0.29, 0.717) is 17.3 Å². The molecule has 6 heteroatoms. The Labute approximate surface area is 137 Å². The van der Waals surface area contributed by atoms with E-state index in [2.05, 4.69) is 15.3 Å². The Morgan fingerprint density at radius 3 is 2.73 bits per heavy atom. The van der Waals surface area contributed by atoms with Gasteiger partial charge in [-0.3, -0.25) is 4.79 Å². The van der Waals surface area contributed by atoms with E-state index in [1.807, 2.05) is 48.5 Å². The van der Waals surface area contributed by atoms with E-state index < -0.39 is 0 Å². The summed E-state index contributed by atoms with van der Waals surface area (Å²) in [6, 6.07) is 15.2. The Hall–Kier alpha value is -1.98. The zero-order valence-corrected chi connectivity index (χ0v) is 13.2.